The van der Waals surface area contributed by atoms with Crippen molar-refractivity contribution in [2.24, 2.45) is 17.8 Å². The summed E-state index contributed by atoms with van der Waals surface area (Å²) < 4.78 is 12.6. The molecule has 3 aliphatic rings. The fourth-order valence-electron chi connectivity index (χ4n) is 7.35. The molecule has 8 nitrogen and oxygen atoms in total. The summed E-state index contributed by atoms with van der Waals surface area (Å²) in [4.78, 5) is 46.0. The number of unbranched alkanes of at least 4 members (excludes halogenated alkanes) is 2. The molecule has 3 aliphatic heterocycles. The Morgan fingerprint density at radius 1 is 1.22 bits per heavy atom. The second-order valence-corrected chi connectivity index (χ2v) is 12.3. The van der Waals surface area contributed by atoms with E-state index < -0.39 is 41.1 Å². The number of carbonyl (C=O) groups excluding carboxylic acids is 3. The van der Waals surface area contributed by atoms with Crippen LogP contribution < -0.4 is 0 Å². The molecule has 1 aromatic carbocycles. The Morgan fingerprint density at radius 2 is 1.93 bits per heavy atom. The molecule has 2 amide bonds. The number of amides is 2. The molecule has 0 aromatic heterocycles. The van der Waals surface area contributed by atoms with Crippen LogP contribution in [0.2, 0.25) is 0 Å². The fraction of sp³-hybridized carbons (Fsp3) is 0.606. The zero-order valence-electron chi connectivity index (χ0n) is 25.0. The van der Waals surface area contributed by atoms with Gasteiger partial charge in [0.2, 0.25) is 11.8 Å². The highest BCUT2D eigenvalue weighted by Crippen LogP contribution is 2.65. The van der Waals surface area contributed by atoms with Crippen molar-refractivity contribution in [1.82, 2.24) is 9.80 Å². The Labute approximate surface area is 244 Å². The number of hydrogen-bond acceptors (Lipinski definition) is 6. The Kier molecular flexibility index (Phi) is 9.44. The van der Waals surface area contributed by atoms with Crippen molar-refractivity contribution < 1.29 is 29.0 Å². The molecule has 1 N–H and O–H groups in total. The van der Waals surface area contributed by atoms with Gasteiger partial charge in [-0.15, -0.1) is 13.2 Å². The summed E-state index contributed by atoms with van der Waals surface area (Å²) in [6.45, 7) is 15.5. The minimum absolute atomic E-state index is 0.0891. The van der Waals surface area contributed by atoms with Crippen LogP contribution in [-0.2, 0) is 30.3 Å². The molecule has 1 aromatic rings. The highest BCUT2D eigenvalue weighted by atomic mass is 16.6. The van der Waals surface area contributed by atoms with Gasteiger partial charge in [0, 0.05) is 12.6 Å². The van der Waals surface area contributed by atoms with E-state index >= 15 is 0 Å². The van der Waals surface area contributed by atoms with Gasteiger partial charge in [-0.2, -0.15) is 0 Å². The van der Waals surface area contributed by atoms with E-state index in [0.717, 1.165) is 18.4 Å². The second kappa shape index (κ2) is 12.5. The van der Waals surface area contributed by atoms with Crippen molar-refractivity contribution in [2.45, 2.75) is 89.1 Å². The van der Waals surface area contributed by atoms with Crippen molar-refractivity contribution >= 4 is 17.8 Å². The number of nitrogens with zero attached hydrogens (tertiary/aromatic N) is 2. The van der Waals surface area contributed by atoms with E-state index in [-0.39, 0.29) is 37.0 Å². The van der Waals surface area contributed by atoms with Gasteiger partial charge in [0.15, 0.2) is 0 Å². The third-order valence-electron chi connectivity index (χ3n) is 9.44. The summed E-state index contributed by atoms with van der Waals surface area (Å²) in [5, 5.41) is 10.6. The van der Waals surface area contributed by atoms with Gasteiger partial charge in [-0.05, 0) is 64.4 Å². The maximum Gasteiger partial charge on any atom is 0.312 e. The molecule has 224 valence electrons. The van der Waals surface area contributed by atoms with Crippen LogP contribution in [0, 0.1) is 17.8 Å². The predicted octanol–water partition coefficient (Wildman–Crippen LogP) is 3.92. The number of rotatable bonds is 14. The number of hydrogen-bond donors (Lipinski definition) is 1. The van der Waals surface area contributed by atoms with E-state index in [0.29, 0.717) is 25.8 Å². The van der Waals surface area contributed by atoms with Crippen molar-refractivity contribution in [3.05, 3.63) is 61.2 Å². The average molecular weight is 567 g/mol. The number of esters is 1. The van der Waals surface area contributed by atoms with Crippen LogP contribution in [0.3, 0.4) is 0 Å². The zero-order valence-corrected chi connectivity index (χ0v) is 25.0. The molecule has 0 radical (unpaired) electrons. The molecule has 8 heteroatoms. The maximum atomic E-state index is 14.5. The van der Waals surface area contributed by atoms with Gasteiger partial charge in [-0.25, -0.2) is 0 Å². The monoisotopic (exact) mass is 566 g/mol. The highest BCUT2D eigenvalue weighted by molar-refractivity contribution is 5.99. The van der Waals surface area contributed by atoms with Crippen molar-refractivity contribution in [3.8, 4) is 0 Å². The van der Waals surface area contributed by atoms with Crippen molar-refractivity contribution in [3.63, 3.8) is 0 Å². The summed E-state index contributed by atoms with van der Waals surface area (Å²) in [6.07, 6.45) is 6.72. The quantitative estimate of drug-likeness (QED) is 0.208. The summed E-state index contributed by atoms with van der Waals surface area (Å²) in [5.74, 6) is -2.85. The van der Waals surface area contributed by atoms with Gasteiger partial charge < -0.3 is 24.4 Å². The number of carbonyl (C=O) groups is 3. The third kappa shape index (κ3) is 5.37. The van der Waals surface area contributed by atoms with Crippen LogP contribution in [0.15, 0.2) is 55.6 Å². The summed E-state index contributed by atoms with van der Waals surface area (Å²) in [5.41, 5.74) is -1.21. The van der Waals surface area contributed by atoms with Gasteiger partial charge in [-0.1, -0.05) is 49.4 Å². The number of likely N-dealkylation sites (tertiary alicyclic amines) is 1. The lowest BCUT2D eigenvalue weighted by atomic mass is 9.62. The standard InChI is InChI=1S/C33H46N2O6/c1-7-9-10-14-18-40-31(39)27-26-29(37)35(25(21-36)19-24-15-12-11-13-16-24)28(30(38)34(17-8-2)22(3)4)33(26)20-23(5)32(27,6)41-33/h7-8,11-13,15-16,22-23,25-28,36H,1-2,9-10,14,17-21H2,3-6H3/t23?,25-,26+,27-,28?,32+,33?/m1/s1. The Bertz CT molecular complexity index is 1140. The largest absolute Gasteiger partial charge is 0.465 e. The number of aliphatic hydroxyl groups is 1. The number of ether oxygens (including phenoxy) is 2. The van der Waals surface area contributed by atoms with Gasteiger partial charge in [0.25, 0.3) is 0 Å². The molecule has 3 saturated heterocycles. The van der Waals surface area contributed by atoms with E-state index in [1.807, 2.05) is 64.1 Å². The Morgan fingerprint density at radius 3 is 2.54 bits per heavy atom. The molecular formula is C33H46N2O6. The van der Waals surface area contributed by atoms with Crippen LogP contribution in [0.5, 0.6) is 0 Å². The predicted molar refractivity (Wildman–Crippen MR) is 157 cm³/mol. The van der Waals surface area contributed by atoms with Crippen LogP contribution in [0.1, 0.15) is 58.9 Å². The van der Waals surface area contributed by atoms with Gasteiger partial charge in [0.05, 0.1) is 30.8 Å². The number of allylic oxidation sites excluding steroid dienone is 1. The molecule has 3 heterocycles. The molecule has 0 saturated carbocycles. The van der Waals surface area contributed by atoms with E-state index in [9.17, 15) is 19.5 Å². The first-order chi connectivity index (χ1) is 19.6. The summed E-state index contributed by atoms with van der Waals surface area (Å²) in [6, 6.07) is 7.79. The van der Waals surface area contributed by atoms with Gasteiger partial charge >= 0.3 is 5.97 Å². The highest BCUT2D eigenvalue weighted by Gasteiger charge is 2.80. The first-order valence-electron chi connectivity index (χ1n) is 14.9. The fourth-order valence-corrected chi connectivity index (χ4v) is 7.35. The average Bonchev–Trinajstić information content (AvgIpc) is 3.46. The van der Waals surface area contributed by atoms with Crippen LogP contribution in [0.4, 0.5) is 0 Å². The van der Waals surface area contributed by atoms with Crippen molar-refractivity contribution in [1.29, 1.82) is 0 Å². The lowest BCUT2D eigenvalue weighted by molar-refractivity contribution is -0.164. The van der Waals surface area contributed by atoms with Crippen LogP contribution in [-0.4, -0.2) is 81.8 Å². The lowest BCUT2D eigenvalue weighted by Gasteiger charge is -2.40. The first kappa shape index (κ1) is 31.0. The molecule has 1 spiro atoms. The Hall–Kier alpha value is -2.97. The first-order valence-corrected chi connectivity index (χ1v) is 14.9. The third-order valence-corrected chi connectivity index (χ3v) is 9.44. The molecule has 41 heavy (non-hydrogen) atoms. The minimum atomic E-state index is -1.20. The maximum absolute atomic E-state index is 14.5. The van der Waals surface area contributed by atoms with E-state index in [4.69, 9.17) is 9.47 Å². The minimum Gasteiger partial charge on any atom is -0.465 e. The molecular weight excluding hydrogens is 520 g/mol. The second-order valence-electron chi connectivity index (χ2n) is 12.3. The van der Waals surface area contributed by atoms with E-state index in [2.05, 4.69) is 13.2 Å². The molecule has 3 unspecified atom stereocenters. The van der Waals surface area contributed by atoms with Gasteiger partial charge in [-0.3, -0.25) is 14.4 Å². The summed E-state index contributed by atoms with van der Waals surface area (Å²) >= 11 is 0. The number of aliphatic hydroxyl groups excluding tert-OH is 1. The SMILES string of the molecule is C=CCCCCOC(=O)[C@H]1[C@H]2C(=O)N([C@@H](CO)Cc3ccccc3)C(C(=O)N(CC=C)C(C)C)C23CC(C)[C@]1(C)O3. The Balaban J connectivity index is 1.76. The van der Waals surface area contributed by atoms with Crippen LogP contribution in [0.25, 0.3) is 0 Å². The number of fused-ring (bicyclic) bond motifs is 1. The molecule has 0 aliphatic carbocycles. The topological polar surface area (TPSA) is 96.4 Å². The van der Waals surface area contributed by atoms with Crippen LogP contribution >= 0.6 is 0 Å². The molecule has 4 rings (SSSR count). The summed E-state index contributed by atoms with van der Waals surface area (Å²) in [7, 11) is 0. The zero-order chi connectivity index (χ0) is 29.9. The molecule has 7 atom stereocenters. The molecule has 2 bridgehead atoms. The van der Waals surface area contributed by atoms with E-state index in [1.54, 1.807) is 15.9 Å². The van der Waals surface area contributed by atoms with Gasteiger partial charge in [0.1, 0.15) is 17.6 Å². The van der Waals surface area contributed by atoms with Crippen molar-refractivity contribution in [2.75, 3.05) is 19.8 Å². The smallest absolute Gasteiger partial charge is 0.312 e. The lowest BCUT2D eigenvalue weighted by Crippen LogP contribution is -2.60. The number of benzene rings is 1. The normalized spacial score (nSPS) is 30.8. The van der Waals surface area contributed by atoms with E-state index in [1.165, 1.54) is 0 Å². The molecule has 3 fully saturated rings.